The van der Waals surface area contributed by atoms with Crippen molar-refractivity contribution in [2.45, 2.75) is 24.7 Å². The molecular weight excluding hydrogens is 250 g/mol. The van der Waals surface area contributed by atoms with E-state index in [4.69, 9.17) is 0 Å². The number of rotatable bonds is 6. The van der Waals surface area contributed by atoms with Crippen LogP contribution < -0.4 is 5.32 Å². The summed E-state index contributed by atoms with van der Waals surface area (Å²) in [4.78, 5) is 23.4. The Bertz CT molecular complexity index is 420. The SMILES string of the molecule is CCCC(=O)Nc1cccc(SCC(=O)OC)c1. The van der Waals surface area contributed by atoms with Gasteiger partial charge in [-0.1, -0.05) is 13.0 Å². The fourth-order valence-electron chi connectivity index (χ4n) is 1.32. The van der Waals surface area contributed by atoms with Crippen LogP contribution in [-0.4, -0.2) is 24.7 Å². The second-order valence-corrected chi connectivity index (χ2v) is 4.74. The third-order valence-electron chi connectivity index (χ3n) is 2.18. The average molecular weight is 267 g/mol. The van der Waals surface area contributed by atoms with E-state index in [0.29, 0.717) is 6.42 Å². The Morgan fingerprint density at radius 3 is 2.83 bits per heavy atom. The van der Waals surface area contributed by atoms with Gasteiger partial charge in [0.15, 0.2) is 0 Å². The lowest BCUT2D eigenvalue weighted by Gasteiger charge is -2.06. The fraction of sp³-hybridized carbons (Fsp3) is 0.385. The van der Waals surface area contributed by atoms with Gasteiger partial charge in [0.05, 0.1) is 12.9 Å². The summed E-state index contributed by atoms with van der Waals surface area (Å²) in [6.07, 6.45) is 1.34. The Hall–Kier alpha value is -1.49. The van der Waals surface area contributed by atoms with Crippen LogP contribution in [0.1, 0.15) is 19.8 Å². The molecule has 0 heterocycles. The highest BCUT2D eigenvalue weighted by Crippen LogP contribution is 2.21. The lowest BCUT2D eigenvalue weighted by molar-refractivity contribution is -0.137. The molecule has 1 amide bonds. The topological polar surface area (TPSA) is 55.4 Å². The molecule has 0 aliphatic rings. The molecule has 0 fully saturated rings. The average Bonchev–Trinajstić information content (AvgIpc) is 2.36. The molecule has 1 N–H and O–H groups in total. The predicted molar refractivity (Wildman–Crippen MR) is 72.7 cm³/mol. The minimum absolute atomic E-state index is 0.00705. The number of thioether (sulfide) groups is 1. The third kappa shape index (κ3) is 5.23. The summed E-state index contributed by atoms with van der Waals surface area (Å²) in [5.74, 6) is 0.0103. The molecular formula is C13H17NO3S. The van der Waals surface area contributed by atoms with Crippen molar-refractivity contribution < 1.29 is 14.3 Å². The monoisotopic (exact) mass is 267 g/mol. The van der Waals surface area contributed by atoms with E-state index in [-0.39, 0.29) is 17.6 Å². The van der Waals surface area contributed by atoms with E-state index in [2.05, 4.69) is 10.1 Å². The van der Waals surface area contributed by atoms with Crippen LogP contribution in [0.25, 0.3) is 0 Å². The van der Waals surface area contributed by atoms with E-state index >= 15 is 0 Å². The number of anilines is 1. The molecule has 0 aliphatic carbocycles. The van der Waals surface area contributed by atoms with Crippen molar-refractivity contribution in [3.63, 3.8) is 0 Å². The van der Waals surface area contributed by atoms with Crippen LogP contribution in [0.4, 0.5) is 5.69 Å². The molecule has 0 atom stereocenters. The maximum absolute atomic E-state index is 11.4. The third-order valence-corrected chi connectivity index (χ3v) is 3.15. The lowest BCUT2D eigenvalue weighted by Crippen LogP contribution is -2.10. The molecule has 0 aliphatic heterocycles. The number of nitrogens with one attached hydrogen (secondary N) is 1. The molecule has 0 saturated heterocycles. The largest absolute Gasteiger partial charge is 0.468 e. The first-order valence-electron chi connectivity index (χ1n) is 5.75. The van der Waals surface area contributed by atoms with Crippen molar-refractivity contribution in [3.8, 4) is 0 Å². The molecule has 0 bridgehead atoms. The number of amides is 1. The van der Waals surface area contributed by atoms with E-state index in [1.54, 1.807) is 0 Å². The smallest absolute Gasteiger partial charge is 0.315 e. The molecule has 0 unspecified atom stereocenters. The molecule has 4 nitrogen and oxygen atoms in total. The highest BCUT2D eigenvalue weighted by molar-refractivity contribution is 8.00. The maximum atomic E-state index is 11.4. The van der Waals surface area contributed by atoms with Crippen LogP contribution in [0, 0.1) is 0 Å². The first-order chi connectivity index (χ1) is 8.65. The van der Waals surface area contributed by atoms with E-state index in [1.165, 1.54) is 18.9 Å². The van der Waals surface area contributed by atoms with Crippen LogP contribution in [0.3, 0.4) is 0 Å². The highest BCUT2D eigenvalue weighted by Gasteiger charge is 2.04. The predicted octanol–water partition coefficient (Wildman–Crippen LogP) is 2.69. The van der Waals surface area contributed by atoms with Gasteiger partial charge in [-0.3, -0.25) is 9.59 Å². The van der Waals surface area contributed by atoms with Crippen LogP contribution in [0.15, 0.2) is 29.2 Å². The van der Waals surface area contributed by atoms with Crippen LogP contribution in [0.5, 0.6) is 0 Å². The molecule has 1 aromatic carbocycles. The maximum Gasteiger partial charge on any atom is 0.315 e. The number of hydrogen-bond acceptors (Lipinski definition) is 4. The molecule has 0 spiro atoms. The van der Waals surface area contributed by atoms with Gasteiger partial charge in [-0.25, -0.2) is 0 Å². The van der Waals surface area contributed by atoms with Crippen molar-refractivity contribution in [3.05, 3.63) is 24.3 Å². The Labute approximate surface area is 111 Å². The number of benzene rings is 1. The number of carbonyl (C=O) groups excluding carboxylic acids is 2. The van der Waals surface area contributed by atoms with Gasteiger partial charge in [0, 0.05) is 17.0 Å². The van der Waals surface area contributed by atoms with E-state index in [0.717, 1.165) is 17.0 Å². The summed E-state index contributed by atoms with van der Waals surface area (Å²) in [5.41, 5.74) is 0.753. The Morgan fingerprint density at radius 1 is 1.39 bits per heavy atom. The zero-order valence-electron chi connectivity index (χ0n) is 10.6. The first kappa shape index (κ1) is 14.6. The van der Waals surface area contributed by atoms with Gasteiger partial charge in [0.25, 0.3) is 0 Å². The Kier molecular flexibility index (Phi) is 6.28. The van der Waals surface area contributed by atoms with Gasteiger partial charge < -0.3 is 10.1 Å². The van der Waals surface area contributed by atoms with Gasteiger partial charge in [-0.15, -0.1) is 11.8 Å². The zero-order valence-corrected chi connectivity index (χ0v) is 11.4. The number of methoxy groups -OCH3 is 1. The second kappa shape index (κ2) is 7.76. The number of ether oxygens (including phenoxy) is 1. The van der Waals surface area contributed by atoms with E-state index in [1.807, 2.05) is 31.2 Å². The van der Waals surface area contributed by atoms with Crippen molar-refractivity contribution in [1.82, 2.24) is 0 Å². The van der Waals surface area contributed by atoms with Gasteiger partial charge >= 0.3 is 5.97 Å². The van der Waals surface area contributed by atoms with E-state index in [9.17, 15) is 9.59 Å². The van der Waals surface area contributed by atoms with Crippen molar-refractivity contribution in [2.75, 3.05) is 18.2 Å². The van der Waals surface area contributed by atoms with Gasteiger partial charge in [-0.2, -0.15) is 0 Å². The summed E-state index contributed by atoms with van der Waals surface area (Å²) in [5, 5.41) is 2.82. The van der Waals surface area contributed by atoms with Crippen LogP contribution >= 0.6 is 11.8 Å². The fourth-order valence-corrected chi connectivity index (χ4v) is 2.10. The molecule has 98 valence electrons. The molecule has 18 heavy (non-hydrogen) atoms. The normalized spacial score (nSPS) is 9.89. The minimum atomic E-state index is -0.263. The van der Waals surface area contributed by atoms with Gasteiger partial charge in [0.2, 0.25) is 5.91 Å². The van der Waals surface area contributed by atoms with Crippen LogP contribution in [0.2, 0.25) is 0 Å². The summed E-state index contributed by atoms with van der Waals surface area (Å²) < 4.78 is 4.57. The highest BCUT2D eigenvalue weighted by atomic mass is 32.2. The molecule has 0 saturated carbocycles. The molecule has 0 radical (unpaired) electrons. The summed E-state index contributed by atoms with van der Waals surface area (Å²) in [7, 11) is 1.37. The Morgan fingerprint density at radius 2 is 2.17 bits per heavy atom. The summed E-state index contributed by atoms with van der Waals surface area (Å²) in [6.45, 7) is 1.96. The van der Waals surface area contributed by atoms with Crippen molar-refractivity contribution in [1.29, 1.82) is 0 Å². The first-order valence-corrected chi connectivity index (χ1v) is 6.73. The Balaban J connectivity index is 2.56. The van der Waals surface area contributed by atoms with Gasteiger partial charge in [-0.05, 0) is 24.6 Å². The second-order valence-electron chi connectivity index (χ2n) is 3.69. The molecule has 5 heteroatoms. The molecule has 0 aromatic heterocycles. The lowest BCUT2D eigenvalue weighted by atomic mass is 10.3. The number of esters is 1. The van der Waals surface area contributed by atoms with Crippen molar-refractivity contribution >= 4 is 29.3 Å². The van der Waals surface area contributed by atoms with Crippen LogP contribution in [-0.2, 0) is 14.3 Å². The van der Waals surface area contributed by atoms with Gasteiger partial charge in [0.1, 0.15) is 0 Å². The quantitative estimate of drug-likeness (QED) is 0.636. The number of carbonyl (C=O) groups is 2. The summed E-state index contributed by atoms with van der Waals surface area (Å²) >= 11 is 1.38. The zero-order chi connectivity index (χ0) is 13.4. The van der Waals surface area contributed by atoms with E-state index < -0.39 is 0 Å². The van der Waals surface area contributed by atoms with Crippen molar-refractivity contribution in [2.24, 2.45) is 0 Å². The summed E-state index contributed by atoms with van der Waals surface area (Å²) in [6, 6.07) is 7.42. The minimum Gasteiger partial charge on any atom is -0.468 e. The molecule has 1 aromatic rings. The standard InChI is InChI=1S/C13H17NO3S/c1-3-5-12(15)14-10-6-4-7-11(8-10)18-9-13(16)17-2/h4,6-8H,3,5,9H2,1-2H3,(H,14,15). The molecule has 1 rings (SSSR count). The number of hydrogen-bond donors (Lipinski definition) is 1.